The van der Waals surface area contributed by atoms with Crippen LogP contribution in [-0.4, -0.2) is 47.5 Å². The quantitative estimate of drug-likeness (QED) is 0.532. The van der Waals surface area contributed by atoms with E-state index in [2.05, 4.69) is 13.2 Å². The molecule has 0 aromatic heterocycles. The van der Waals surface area contributed by atoms with Crippen LogP contribution in [0.3, 0.4) is 0 Å². The fourth-order valence-electron chi connectivity index (χ4n) is 2.27. The number of likely N-dealkylation sites (tertiary alicyclic amines) is 1. The average molecular weight is 281 g/mol. The number of nitrogens with zero attached hydrogens (tertiary/aromatic N) is 1. The van der Waals surface area contributed by atoms with Crippen LogP contribution in [0.4, 0.5) is 0 Å². The van der Waals surface area contributed by atoms with Crippen LogP contribution in [0.5, 0.6) is 0 Å². The molecule has 0 radical (unpaired) electrons. The maximum Gasteiger partial charge on any atom is 0.303 e. The highest BCUT2D eigenvalue weighted by Gasteiger charge is 2.51. The highest BCUT2D eigenvalue weighted by molar-refractivity contribution is 5.87. The van der Waals surface area contributed by atoms with Crippen molar-refractivity contribution in [1.29, 1.82) is 0 Å². The predicted molar refractivity (Wildman–Crippen MR) is 71.6 cm³/mol. The zero-order valence-electron chi connectivity index (χ0n) is 11.7. The lowest BCUT2D eigenvalue weighted by molar-refractivity contribution is -0.166. The second kappa shape index (κ2) is 6.88. The van der Waals surface area contributed by atoms with E-state index in [1.807, 2.05) is 0 Å². The first kappa shape index (κ1) is 15.9. The smallest absolute Gasteiger partial charge is 0.303 e. The summed E-state index contributed by atoms with van der Waals surface area (Å²) in [4.78, 5) is 36.1. The van der Waals surface area contributed by atoms with Crippen molar-refractivity contribution in [2.24, 2.45) is 0 Å². The van der Waals surface area contributed by atoms with Gasteiger partial charge in [0.1, 0.15) is 0 Å². The third-order valence-electron chi connectivity index (χ3n) is 2.93. The summed E-state index contributed by atoms with van der Waals surface area (Å²) in [5, 5.41) is 0. The van der Waals surface area contributed by atoms with Crippen LogP contribution in [0, 0.1) is 0 Å². The van der Waals surface area contributed by atoms with Crippen LogP contribution >= 0.6 is 0 Å². The van der Waals surface area contributed by atoms with E-state index < -0.39 is 36.1 Å². The number of esters is 2. The van der Waals surface area contributed by atoms with Crippen LogP contribution in [-0.2, 0) is 23.9 Å². The molecular weight excluding hydrogens is 262 g/mol. The Morgan fingerprint density at radius 3 is 2.25 bits per heavy atom. The van der Waals surface area contributed by atoms with Gasteiger partial charge in [-0.2, -0.15) is 0 Å². The summed E-state index contributed by atoms with van der Waals surface area (Å²) in [6.45, 7) is 9.96. The molecule has 0 aromatic rings. The number of hydrogen-bond donors (Lipinski definition) is 0. The van der Waals surface area contributed by atoms with E-state index in [4.69, 9.17) is 9.47 Å². The van der Waals surface area contributed by atoms with Gasteiger partial charge in [-0.05, 0) is 6.42 Å². The van der Waals surface area contributed by atoms with Crippen molar-refractivity contribution < 1.29 is 23.9 Å². The van der Waals surface area contributed by atoms with Crippen molar-refractivity contribution in [2.75, 3.05) is 6.54 Å². The molecule has 1 fully saturated rings. The molecule has 3 atom stereocenters. The molecule has 0 saturated carbocycles. The summed E-state index contributed by atoms with van der Waals surface area (Å²) in [6.07, 6.45) is 1.67. The zero-order valence-corrected chi connectivity index (χ0v) is 11.7. The largest absolute Gasteiger partial charge is 0.456 e. The highest BCUT2D eigenvalue weighted by Crippen LogP contribution is 2.28. The van der Waals surface area contributed by atoms with Gasteiger partial charge in [0, 0.05) is 20.4 Å². The highest BCUT2D eigenvalue weighted by atomic mass is 16.6. The van der Waals surface area contributed by atoms with Crippen molar-refractivity contribution in [3.8, 4) is 0 Å². The lowest BCUT2D eigenvalue weighted by Gasteiger charge is -2.25. The second-order valence-corrected chi connectivity index (χ2v) is 4.48. The number of amides is 1. The first-order valence-corrected chi connectivity index (χ1v) is 6.29. The van der Waals surface area contributed by atoms with Gasteiger partial charge in [0.25, 0.3) is 5.91 Å². The van der Waals surface area contributed by atoms with Crippen molar-refractivity contribution >= 4 is 17.8 Å². The molecule has 6 heteroatoms. The standard InChI is InChI=1S/C14H19NO5/c1-5-7-11-12(19-9(3)16)13(20-10(4)17)14(18)15(11)8-6-2/h5-6,11-13H,1-2,7-8H2,3-4H3/t11-,12-,13+/m0/s1. The molecule has 0 aliphatic carbocycles. The Morgan fingerprint density at radius 1 is 1.20 bits per heavy atom. The normalized spacial score (nSPS) is 25.2. The molecular formula is C14H19NO5. The van der Waals surface area contributed by atoms with Gasteiger partial charge >= 0.3 is 11.9 Å². The van der Waals surface area contributed by atoms with Crippen LogP contribution < -0.4 is 0 Å². The first-order chi connectivity index (χ1) is 9.42. The van der Waals surface area contributed by atoms with Gasteiger partial charge in [0.05, 0.1) is 6.04 Å². The molecule has 1 amide bonds. The first-order valence-electron chi connectivity index (χ1n) is 6.29. The van der Waals surface area contributed by atoms with Crippen LogP contribution in [0.1, 0.15) is 20.3 Å². The molecule has 0 N–H and O–H groups in total. The number of carbonyl (C=O) groups excluding carboxylic acids is 3. The molecule has 0 aromatic carbocycles. The number of rotatable bonds is 6. The van der Waals surface area contributed by atoms with Gasteiger partial charge in [0.2, 0.25) is 6.10 Å². The molecule has 1 aliphatic heterocycles. The molecule has 1 aliphatic rings. The predicted octanol–water partition coefficient (Wildman–Crippen LogP) is 0.823. The van der Waals surface area contributed by atoms with Crippen molar-refractivity contribution in [3.05, 3.63) is 25.3 Å². The molecule has 20 heavy (non-hydrogen) atoms. The van der Waals surface area contributed by atoms with Gasteiger partial charge in [-0.15, -0.1) is 13.2 Å². The monoisotopic (exact) mass is 281 g/mol. The summed E-state index contributed by atoms with van der Waals surface area (Å²) in [5.41, 5.74) is 0. The van der Waals surface area contributed by atoms with E-state index >= 15 is 0 Å². The Kier molecular flexibility index (Phi) is 5.49. The molecule has 0 spiro atoms. The minimum absolute atomic E-state index is 0.285. The summed E-state index contributed by atoms with van der Waals surface area (Å²) >= 11 is 0. The Labute approximate surface area is 118 Å². The summed E-state index contributed by atoms with van der Waals surface area (Å²) in [5.74, 6) is -1.52. The third-order valence-corrected chi connectivity index (χ3v) is 2.93. The molecule has 1 saturated heterocycles. The second-order valence-electron chi connectivity index (χ2n) is 4.48. The molecule has 0 unspecified atom stereocenters. The van der Waals surface area contributed by atoms with Gasteiger partial charge in [-0.3, -0.25) is 14.4 Å². The molecule has 1 rings (SSSR count). The Bertz CT molecular complexity index is 431. The van der Waals surface area contributed by atoms with Crippen LogP contribution in [0.15, 0.2) is 25.3 Å². The lowest BCUT2D eigenvalue weighted by atomic mass is 10.1. The molecule has 110 valence electrons. The zero-order chi connectivity index (χ0) is 15.3. The van der Waals surface area contributed by atoms with Gasteiger partial charge < -0.3 is 14.4 Å². The Morgan fingerprint density at radius 2 is 1.80 bits per heavy atom. The van der Waals surface area contributed by atoms with Crippen molar-refractivity contribution in [3.63, 3.8) is 0 Å². The average Bonchev–Trinajstić information content (AvgIpc) is 2.56. The summed E-state index contributed by atoms with van der Waals surface area (Å²) in [6, 6.07) is -0.411. The molecule has 6 nitrogen and oxygen atoms in total. The SMILES string of the molecule is C=CC[C@H]1[C@H](OC(C)=O)[C@@H](OC(C)=O)C(=O)N1CC=C. The maximum atomic E-state index is 12.3. The van der Waals surface area contributed by atoms with Crippen LogP contribution in [0.25, 0.3) is 0 Å². The van der Waals surface area contributed by atoms with Crippen LogP contribution in [0.2, 0.25) is 0 Å². The van der Waals surface area contributed by atoms with Crippen molar-refractivity contribution in [1.82, 2.24) is 4.90 Å². The topological polar surface area (TPSA) is 72.9 Å². The number of ether oxygens (including phenoxy) is 2. The van der Waals surface area contributed by atoms with Crippen molar-refractivity contribution in [2.45, 2.75) is 38.5 Å². The Hall–Kier alpha value is -2.11. The van der Waals surface area contributed by atoms with Gasteiger partial charge in [-0.25, -0.2) is 0 Å². The lowest BCUT2D eigenvalue weighted by Crippen LogP contribution is -2.39. The van der Waals surface area contributed by atoms with E-state index in [1.165, 1.54) is 18.7 Å². The van der Waals surface area contributed by atoms with E-state index in [9.17, 15) is 14.4 Å². The third kappa shape index (κ3) is 3.46. The van der Waals surface area contributed by atoms with Gasteiger partial charge in [0.15, 0.2) is 6.10 Å². The fraction of sp³-hybridized carbons (Fsp3) is 0.500. The van der Waals surface area contributed by atoms with E-state index in [1.54, 1.807) is 12.2 Å². The van der Waals surface area contributed by atoms with Gasteiger partial charge in [-0.1, -0.05) is 12.2 Å². The molecule has 1 heterocycles. The maximum absolute atomic E-state index is 12.3. The Balaban J connectivity index is 3.08. The molecule has 0 bridgehead atoms. The number of hydrogen-bond acceptors (Lipinski definition) is 5. The minimum atomic E-state index is -1.11. The summed E-state index contributed by atoms with van der Waals surface area (Å²) < 4.78 is 10.2. The minimum Gasteiger partial charge on any atom is -0.456 e. The van der Waals surface area contributed by atoms with E-state index in [-0.39, 0.29) is 6.54 Å². The van der Waals surface area contributed by atoms with E-state index in [0.29, 0.717) is 6.42 Å². The summed E-state index contributed by atoms with van der Waals surface area (Å²) in [7, 11) is 0. The fourth-order valence-corrected chi connectivity index (χ4v) is 2.27. The van der Waals surface area contributed by atoms with E-state index in [0.717, 1.165) is 0 Å². The number of carbonyl (C=O) groups is 3.